The van der Waals surface area contributed by atoms with Gasteiger partial charge in [0, 0.05) is 10.3 Å². The minimum absolute atomic E-state index is 0.198. The Morgan fingerprint density at radius 3 is 2.85 bits per heavy atom. The summed E-state index contributed by atoms with van der Waals surface area (Å²) in [6.45, 7) is 1.98. The predicted molar refractivity (Wildman–Crippen MR) is 53.1 cm³/mol. The molecule has 68 valence electrons. The summed E-state index contributed by atoms with van der Waals surface area (Å²) in [5, 5.41) is 1.93. The molecular weight excluding hydrogens is 187 g/mol. The van der Waals surface area contributed by atoms with Crippen LogP contribution in [0.3, 0.4) is 0 Å². The fourth-order valence-electron chi connectivity index (χ4n) is 1.37. The van der Waals surface area contributed by atoms with Gasteiger partial charge in [-0.25, -0.2) is 4.39 Å². The Hall–Kier alpha value is -1.09. The number of rotatable bonds is 1. The van der Waals surface area contributed by atoms with Crippen molar-refractivity contribution < 1.29 is 9.13 Å². The van der Waals surface area contributed by atoms with E-state index >= 15 is 0 Å². The second kappa shape index (κ2) is 3.00. The van der Waals surface area contributed by atoms with Crippen molar-refractivity contribution in [2.75, 3.05) is 7.11 Å². The predicted octanol–water partition coefficient (Wildman–Crippen LogP) is 3.36. The monoisotopic (exact) mass is 196 g/mol. The summed E-state index contributed by atoms with van der Waals surface area (Å²) in [7, 11) is 1.63. The number of halogens is 1. The molecule has 2 rings (SSSR count). The molecule has 0 saturated heterocycles. The maximum atomic E-state index is 12.8. The molecular formula is C10H9FOS. The molecule has 0 aliphatic carbocycles. The highest BCUT2D eigenvalue weighted by atomic mass is 32.1. The van der Waals surface area contributed by atoms with E-state index in [-0.39, 0.29) is 5.82 Å². The van der Waals surface area contributed by atoms with Gasteiger partial charge in [-0.05, 0) is 24.4 Å². The van der Waals surface area contributed by atoms with Crippen LogP contribution in [0.1, 0.15) is 5.56 Å². The van der Waals surface area contributed by atoms with Crippen molar-refractivity contribution in [2.24, 2.45) is 0 Å². The van der Waals surface area contributed by atoms with Crippen molar-refractivity contribution in [3.05, 3.63) is 29.6 Å². The van der Waals surface area contributed by atoms with Crippen LogP contribution in [0.5, 0.6) is 5.06 Å². The molecule has 1 aromatic heterocycles. The van der Waals surface area contributed by atoms with E-state index in [1.54, 1.807) is 13.2 Å². The maximum Gasteiger partial charge on any atom is 0.177 e. The Kier molecular flexibility index (Phi) is 1.96. The Morgan fingerprint density at radius 2 is 2.15 bits per heavy atom. The molecule has 0 amide bonds. The third kappa shape index (κ3) is 1.29. The number of benzene rings is 1. The van der Waals surface area contributed by atoms with E-state index in [1.165, 1.54) is 23.5 Å². The molecule has 1 nitrogen and oxygen atoms in total. The second-order valence-corrected chi connectivity index (χ2v) is 3.87. The van der Waals surface area contributed by atoms with E-state index < -0.39 is 0 Å². The fraction of sp³-hybridized carbons (Fsp3) is 0.200. The van der Waals surface area contributed by atoms with Gasteiger partial charge >= 0.3 is 0 Å². The number of thiophene rings is 1. The molecule has 0 aliphatic heterocycles. The van der Waals surface area contributed by atoms with Crippen LogP contribution in [0.2, 0.25) is 0 Å². The molecule has 3 heteroatoms. The number of ether oxygens (including phenoxy) is 1. The van der Waals surface area contributed by atoms with Crippen LogP contribution in [0.15, 0.2) is 18.2 Å². The summed E-state index contributed by atoms with van der Waals surface area (Å²) in [6, 6.07) is 4.80. The minimum Gasteiger partial charge on any atom is -0.487 e. The average Bonchev–Trinajstić information content (AvgIpc) is 2.42. The molecule has 0 bridgehead atoms. The standard InChI is InChI=1S/C10H9FOS/c1-6-8-4-3-7(11)5-9(8)13-10(6)12-2/h3-5H,1-2H3. The van der Waals surface area contributed by atoms with Crippen molar-refractivity contribution in [2.45, 2.75) is 6.92 Å². The summed E-state index contributed by atoms with van der Waals surface area (Å²) >= 11 is 1.48. The lowest BCUT2D eigenvalue weighted by molar-refractivity contribution is 0.425. The van der Waals surface area contributed by atoms with E-state index in [0.717, 1.165) is 20.7 Å². The molecule has 1 aromatic carbocycles. The van der Waals surface area contributed by atoms with Gasteiger partial charge in [-0.3, -0.25) is 0 Å². The molecule has 0 saturated carbocycles. The van der Waals surface area contributed by atoms with Gasteiger partial charge in [-0.15, -0.1) is 0 Å². The van der Waals surface area contributed by atoms with Crippen LogP contribution >= 0.6 is 11.3 Å². The number of hydrogen-bond donors (Lipinski definition) is 0. The number of fused-ring (bicyclic) bond motifs is 1. The Labute approximate surface area is 79.8 Å². The highest BCUT2D eigenvalue weighted by Gasteiger charge is 2.08. The van der Waals surface area contributed by atoms with Crippen molar-refractivity contribution in [3.63, 3.8) is 0 Å². The smallest absolute Gasteiger partial charge is 0.177 e. The molecule has 0 atom stereocenters. The van der Waals surface area contributed by atoms with Gasteiger partial charge in [-0.2, -0.15) is 0 Å². The normalized spacial score (nSPS) is 10.7. The van der Waals surface area contributed by atoms with Crippen LogP contribution in [-0.2, 0) is 0 Å². The van der Waals surface area contributed by atoms with E-state index in [1.807, 2.05) is 6.92 Å². The third-order valence-electron chi connectivity index (χ3n) is 2.04. The van der Waals surface area contributed by atoms with Gasteiger partial charge in [0.25, 0.3) is 0 Å². The SMILES string of the molecule is COc1sc2cc(F)ccc2c1C. The Balaban J connectivity index is 2.76. The molecule has 0 spiro atoms. The Morgan fingerprint density at radius 1 is 1.38 bits per heavy atom. The molecule has 0 N–H and O–H groups in total. The maximum absolute atomic E-state index is 12.8. The van der Waals surface area contributed by atoms with Crippen LogP contribution in [-0.4, -0.2) is 7.11 Å². The average molecular weight is 196 g/mol. The number of methoxy groups -OCH3 is 1. The van der Waals surface area contributed by atoms with Crippen LogP contribution in [0.25, 0.3) is 10.1 Å². The quantitative estimate of drug-likeness (QED) is 0.679. The molecule has 0 radical (unpaired) electrons. The van der Waals surface area contributed by atoms with Gasteiger partial charge in [0.05, 0.1) is 7.11 Å². The van der Waals surface area contributed by atoms with Crippen LogP contribution < -0.4 is 4.74 Å². The molecule has 1 heterocycles. The van der Waals surface area contributed by atoms with Crippen molar-refractivity contribution >= 4 is 21.4 Å². The fourth-order valence-corrected chi connectivity index (χ4v) is 2.42. The van der Waals surface area contributed by atoms with E-state index in [2.05, 4.69) is 0 Å². The second-order valence-electron chi connectivity index (χ2n) is 2.86. The molecule has 0 unspecified atom stereocenters. The van der Waals surface area contributed by atoms with Crippen molar-refractivity contribution in [3.8, 4) is 5.06 Å². The zero-order valence-electron chi connectivity index (χ0n) is 7.43. The molecule has 0 fully saturated rings. The summed E-state index contributed by atoms with van der Waals surface area (Å²) in [5.41, 5.74) is 1.09. The first-order chi connectivity index (χ1) is 6.22. The molecule has 2 aromatic rings. The lowest BCUT2D eigenvalue weighted by atomic mass is 10.2. The first-order valence-corrected chi connectivity index (χ1v) is 4.76. The van der Waals surface area contributed by atoms with E-state index in [4.69, 9.17) is 4.74 Å². The van der Waals surface area contributed by atoms with Gasteiger partial charge < -0.3 is 4.74 Å². The third-order valence-corrected chi connectivity index (χ3v) is 3.26. The Bertz CT molecular complexity index is 447. The summed E-state index contributed by atoms with van der Waals surface area (Å²) in [6.07, 6.45) is 0. The van der Waals surface area contributed by atoms with Crippen LogP contribution in [0.4, 0.5) is 4.39 Å². The minimum atomic E-state index is -0.198. The van der Waals surface area contributed by atoms with Gasteiger partial charge in [-0.1, -0.05) is 17.4 Å². The summed E-state index contributed by atoms with van der Waals surface area (Å²) in [5.74, 6) is -0.198. The first kappa shape index (κ1) is 8.51. The van der Waals surface area contributed by atoms with E-state index in [0.29, 0.717) is 0 Å². The highest BCUT2D eigenvalue weighted by molar-refractivity contribution is 7.21. The largest absolute Gasteiger partial charge is 0.487 e. The zero-order chi connectivity index (χ0) is 9.42. The number of hydrogen-bond acceptors (Lipinski definition) is 2. The van der Waals surface area contributed by atoms with Crippen molar-refractivity contribution in [1.29, 1.82) is 0 Å². The first-order valence-electron chi connectivity index (χ1n) is 3.95. The van der Waals surface area contributed by atoms with Crippen molar-refractivity contribution in [1.82, 2.24) is 0 Å². The van der Waals surface area contributed by atoms with Gasteiger partial charge in [0.15, 0.2) is 5.06 Å². The lowest BCUT2D eigenvalue weighted by Gasteiger charge is -1.94. The molecule has 0 aliphatic rings. The zero-order valence-corrected chi connectivity index (χ0v) is 8.24. The highest BCUT2D eigenvalue weighted by Crippen LogP contribution is 2.36. The summed E-state index contributed by atoms with van der Waals surface area (Å²) in [4.78, 5) is 0. The van der Waals surface area contributed by atoms with Gasteiger partial charge in [0.1, 0.15) is 5.82 Å². The number of aryl methyl sites for hydroxylation is 1. The molecule has 13 heavy (non-hydrogen) atoms. The van der Waals surface area contributed by atoms with Crippen LogP contribution in [0, 0.1) is 12.7 Å². The van der Waals surface area contributed by atoms with E-state index in [9.17, 15) is 4.39 Å². The van der Waals surface area contributed by atoms with Gasteiger partial charge in [0.2, 0.25) is 0 Å². The topological polar surface area (TPSA) is 9.23 Å². The summed E-state index contributed by atoms with van der Waals surface area (Å²) < 4.78 is 19.0. The lowest BCUT2D eigenvalue weighted by Crippen LogP contribution is -1.79.